The molecule has 0 aliphatic heterocycles. The second kappa shape index (κ2) is 16.2. The van der Waals surface area contributed by atoms with Crippen molar-refractivity contribution >= 4 is 41.5 Å². The van der Waals surface area contributed by atoms with Gasteiger partial charge in [0.05, 0.1) is 13.2 Å². The number of carbonyl (C=O) groups is 1. The largest absolute Gasteiger partial charge is 0.490 e. The first-order chi connectivity index (χ1) is 15.6. The summed E-state index contributed by atoms with van der Waals surface area (Å²) >= 11 is 0. The Morgan fingerprint density at radius 2 is 1.70 bits per heavy atom. The standard InChI is InChI=1S/C25H36N4O3.HI/c1-5-9-24(30)29-21-11-8-10-20(16-21)18-28-25(26-4)27-15-14-19-12-13-22(31-6-2)23(17-19)32-7-3;/h8,10-13,16-17H,5-7,9,14-15,18H2,1-4H3,(H,29,30)(H2,26,27,28);1H. The number of hydrogen-bond donors (Lipinski definition) is 3. The SMILES string of the molecule is CCCC(=O)Nc1cccc(CNC(=NC)NCCc2ccc(OCC)c(OCC)c2)c1.I. The van der Waals surface area contributed by atoms with Gasteiger partial charge in [0, 0.05) is 32.2 Å². The van der Waals surface area contributed by atoms with Gasteiger partial charge in [0.15, 0.2) is 17.5 Å². The van der Waals surface area contributed by atoms with Crippen molar-refractivity contribution in [2.45, 2.75) is 46.6 Å². The lowest BCUT2D eigenvalue weighted by Crippen LogP contribution is -2.37. The van der Waals surface area contributed by atoms with Gasteiger partial charge in [0.25, 0.3) is 0 Å². The molecule has 0 aromatic heterocycles. The molecule has 0 unspecified atom stereocenters. The van der Waals surface area contributed by atoms with E-state index in [1.165, 1.54) is 0 Å². The van der Waals surface area contributed by atoms with Crippen LogP contribution in [0.2, 0.25) is 0 Å². The van der Waals surface area contributed by atoms with Gasteiger partial charge in [-0.15, -0.1) is 24.0 Å². The Hall–Kier alpha value is -2.49. The number of aliphatic imine (C=N–C) groups is 1. The maximum absolute atomic E-state index is 11.8. The fourth-order valence-corrected chi connectivity index (χ4v) is 3.19. The van der Waals surface area contributed by atoms with E-state index in [-0.39, 0.29) is 29.9 Å². The van der Waals surface area contributed by atoms with Crippen LogP contribution in [0.5, 0.6) is 11.5 Å². The highest BCUT2D eigenvalue weighted by Crippen LogP contribution is 2.28. The lowest BCUT2D eigenvalue weighted by atomic mass is 10.1. The van der Waals surface area contributed by atoms with E-state index < -0.39 is 0 Å². The van der Waals surface area contributed by atoms with Gasteiger partial charge in [0.2, 0.25) is 5.91 Å². The minimum atomic E-state index is 0. The van der Waals surface area contributed by atoms with Crippen LogP contribution in [0.3, 0.4) is 0 Å². The van der Waals surface area contributed by atoms with Crippen LogP contribution in [0.15, 0.2) is 47.5 Å². The molecule has 182 valence electrons. The number of ether oxygens (including phenoxy) is 2. The van der Waals surface area contributed by atoms with E-state index in [0.717, 1.165) is 53.7 Å². The zero-order chi connectivity index (χ0) is 23.2. The molecule has 2 aromatic carbocycles. The molecular formula is C25H37IN4O3. The summed E-state index contributed by atoms with van der Waals surface area (Å²) in [6.07, 6.45) is 2.18. The third-order valence-electron chi connectivity index (χ3n) is 4.69. The molecule has 33 heavy (non-hydrogen) atoms. The van der Waals surface area contributed by atoms with Crippen LogP contribution in [0.25, 0.3) is 0 Å². The van der Waals surface area contributed by atoms with Crippen LogP contribution in [0.1, 0.15) is 44.7 Å². The molecule has 0 radical (unpaired) electrons. The number of carbonyl (C=O) groups excluding carboxylic acids is 1. The molecule has 0 bridgehead atoms. The first-order valence-corrected chi connectivity index (χ1v) is 11.3. The summed E-state index contributed by atoms with van der Waals surface area (Å²) in [4.78, 5) is 16.1. The van der Waals surface area contributed by atoms with Gasteiger partial charge in [-0.1, -0.05) is 25.1 Å². The second-order valence-electron chi connectivity index (χ2n) is 7.25. The normalized spacial score (nSPS) is 10.7. The zero-order valence-corrected chi connectivity index (χ0v) is 22.4. The molecule has 2 rings (SSSR count). The van der Waals surface area contributed by atoms with Gasteiger partial charge >= 0.3 is 0 Å². The molecule has 7 nitrogen and oxygen atoms in total. The predicted molar refractivity (Wildman–Crippen MR) is 146 cm³/mol. The molecule has 0 atom stereocenters. The number of benzene rings is 2. The Kier molecular flexibility index (Phi) is 14.0. The van der Waals surface area contributed by atoms with Gasteiger partial charge in [-0.2, -0.15) is 0 Å². The number of anilines is 1. The highest BCUT2D eigenvalue weighted by molar-refractivity contribution is 14.0. The number of rotatable bonds is 12. The lowest BCUT2D eigenvalue weighted by Gasteiger charge is -2.14. The second-order valence-corrected chi connectivity index (χ2v) is 7.25. The minimum Gasteiger partial charge on any atom is -0.490 e. The molecule has 2 aromatic rings. The smallest absolute Gasteiger partial charge is 0.224 e. The van der Waals surface area contributed by atoms with Crippen molar-refractivity contribution in [3.05, 3.63) is 53.6 Å². The van der Waals surface area contributed by atoms with Crippen LogP contribution >= 0.6 is 24.0 Å². The van der Waals surface area contributed by atoms with Crippen LogP contribution in [-0.4, -0.2) is 38.7 Å². The lowest BCUT2D eigenvalue weighted by molar-refractivity contribution is -0.116. The molecule has 3 N–H and O–H groups in total. The Balaban J connectivity index is 0.00000544. The highest BCUT2D eigenvalue weighted by atomic mass is 127. The van der Waals surface area contributed by atoms with Crippen molar-refractivity contribution in [2.24, 2.45) is 4.99 Å². The van der Waals surface area contributed by atoms with E-state index >= 15 is 0 Å². The summed E-state index contributed by atoms with van der Waals surface area (Å²) in [5.74, 6) is 2.31. The fraction of sp³-hybridized carbons (Fsp3) is 0.440. The summed E-state index contributed by atoms with van der Waals surface area (Å²) in [6, 6.07) is 13.9. The third kappa shape index (κ3) is 10.3. The monoisotopic (exact) mass is 568 g/mol. The van der Waals surface area contributed by atoms with Gasteiger partial charge in [-0.25, -0.2) is 0 Å². The van der Waals surface area contributed by atoms with Gasteiger partial charge < -0.3 is 25.4 Å². The van der Waals surface area contributed by atoms with E-state index in [0.29, 0.717) is 26.2 Å². The van der Waals surface area contributed by atoms with E-state index in [1.807, 2.05) is 57.2 Å². The van der Waals surface area contributed by atoms with E-state index in [2.05, 4.69) is 27.0 Å². The fourth-order valence-electron chi connectivity index (χ4n) is 3.19. The quantitative estimate of drug-likeness (QED) is 0.196. The molecule has 0 aliphatic rings. The summed E-state index contributed by atoms with van der Waals surface area (Å²) < 4.78 is 11.3. The average Bonchev–Trinajstić information content (AvgIpc) is 2.78. The molecule has 0 fully saturated rings. The van der Waals surface area contributed by atoms with Crippen LogP contribution in [0.4, 0.5) is 5.69 Å². The molecule has 8 heteroatoms. The van der Waals surface area contributed by atoms with Crippen LogP contribution < -0.4 is 25.4 Å². The molecule has 1 amide bonds. The number of amides is 1. The van der Waals surface area contributed by atoms with Crippen molar-refractivity contribution in [1.29, 1.82) is 0 Å². The van der Waals surface area contributed by atoms with Crippen molar-refractivity contribution in [2.75, 3.05) is 32.1 Å². The van der Waals surface area contributed by atoms with Crippen molar-refractivity contribution in [1.82, 2.24) is 10.6 Å². The maximum atomic E-state index is 11.8. The van der Waals surface area contributed by atoms with Gasteiger partial charge in [0.1, 0.15) is 0 Å². The predicted octanol–water partition coefficient (Wildman–Crippen LogP) is 4.75. The maximum Gasteiger partial charge on any atom is 0.224 e. The molecule has 0 spiro atoms. The topological polar surface area (TPSA) is 84.0 Å². The summed E-state index contributed by atoms with van der Waals surface area (Å²) in [5.41, 5.74) is 3.04. The highest BCUT2D eigenvalue weighted by Gasteiger charge is 2.07. The van der Waals surface area contributed by atoms with Crippen LogP contribution in [0, 0.1) is 0 Å². The zero-order valence-electron chi connectivity index (χ0n) is 20.1. The molecule has 0 saturated carbocycles. The summed E-state index contributed by atoms with van der Waals surface area (Å²) in [5, 5.41) is 9.59. The summed E-state index contributed by atoms with van der Waals surface area (Å²) in [6.45, 7) is 8.46. The first-order valence-electron chi connectivity index (χ1n) is 11.3. The van der Waals surface area contributed by atoms with E-state index in [4.69, 9.17) is 9.47 Å². The van der Waals surface area contributed by atoms with Crippen molar-refractivity contribution < 1.29 is 14.3 Å². The van der Waals surface area contributed by atoms with Crippen molar-refractivity contribution in [3.63, 3.8) is 0 Å². The molecule has 0 saturated heterocycles. The average molecular weight is 569 g/mol. The van der Waals surface area contributed by atoms with Gasteiger partial charge in [-0.05, 0) is 62.1 Å². The number of nitrogens with one attached hydrogen (secondary N) is 3. The molecule has 0 aliphatic carbocycles. The Labute approximate surface area is 214 Å². The van der Waals surface area contributed by atoms with E-state index in [1.54, 1.807) is 7.05 Å². The molecule has 0 heterocycles. The Morgan fingerprint density at radius 1 is 0.939 bits per heavy atom. The number of hydrogen-bond acceptors (Lipinski definition) is 4. The molecular weight excluding hydrogens is 531 g/mol. The number of nitrogens with zero attached hydrogens (tertiary/aromatic N) is 1. The number of guanidine groups is 1. The van der Waals surface area contributed by atoms with Gasteiger partial charge in [-0.3, -0.25) is 9.79 Å². The Bertz CT molecular complexity index is 890. The Morgan fingerprint density at radius 3 is 2.39 bits per heavy atom. The van der Waals surface area contributed by atoms with Crippen LogP contribution in [-0.2, 0) is 17.8 Å². The van der Waals surface area contributed by atoms with Crippen molar-refractivity contribution in [3.8, 4) is 11.5 Å². The minimum absolute atomic E-state index is 0. The van der Waals surface area contributed by atoms with E-state index in [9.17, 15) is 4.79 Å². The number of halogens is 1. The summed E-state index contributed by atoms with van der Waals surface area (Å²) in [7, 11) is 1.75. The third-order valence-corrected chi connectivity index (χ3v) is 4.69. The first kappa shape index (κ1) is 28.5.